The lowest BCUT2D eigenvalue weighted by Gasteiger charge is -2.11. The van der Waals surface area contributed by atoms with Crippen LogP contribution in [0.4, 0.5) is 19.0 Å². The van der Waals surface area contributed by atoms with Crippen LogP contribution in [0.15, 0.2) is 59.8 Å². The Morgan fingerprint density at radius 3 is 2.44 bits per heavy atom. The lowest BCUT2D eigenvalue weighted by Crippen LogP contribution is -2.16. The van der Waals surface area contributed by atoms with E-state index in [1.165, 1.54) is 31.5 Å². The van der Waals surface area contributed by atoms with E-state index in [0.717, 1.165) is 15.7 Å². The van der Waals surface area contributed by atoms with E-state index in [-0.39, 0.29) is 22.7 Å². The zero-order chi connectivity index (χ0) is 22.9. The number of hydrogen-bond acceptors (Lipinski definition) is 6. The van der Waals surface area contributed by atoms with Gasteiger partial charge in [-0.15, -0.1) is 11.8 Å². The number of thioether (sulfide) groups is 1. The van der Waals surface area contributed by atoms with Crippen molar-refractivity contribution >= 4 is 34.5 Å². The lowest BCUT2D eigenvalue weighted by molar-refractivity contribution is -0.145. The molecule has 2 aromatic carbocycles. The van der Waals surface area contributed by atoms with Crippen LogP contribution < -0.4 is 10.1 Å². The third kappa shape index (κ3) is 4.24. The number of halogens is 3. The second-order valence-electron chi connectivity index (χ2n) is 6.57. The van der Waals surface area contributed by atoms with Crippen molar-refractivity contribution in [1.82, 2.24) is 19.5 Å². The van der Waals surface area contributed by atoms with Crippen LogP contribution in [0, 0.1) is 0 Å². The zero-order valence-corrected chi connectivity index (χ0v) is 17.7. The number of carbonyl (C=O) groups is 1. The number of benzene rings is 2. The van der Waals surface area contributed by atoms with Gasteiger partial charge < -0.3 is 10.1 Å². The summed E-state index contributed by atoms with van der Waals surface area (Å²) in [4.78, 5) is 25.2. The predicted octanol–water partition coefficient (Wildman–Crippen LogP) is 4.82. The van der Waals surface area contributed by atoms with Crippen LogP contribution in [0.25, 0.3) is 16.9 Å². The van der Waals surface area contributed by atoms with E-state index in [9.17, 15) is 18.0 Å². The topological polar surface area (TPSA) is 81.9 Å². The number of anilines is 1. The van der Waals surface area contributed by atoms with Gasteiger partial charge in [-0.3, -0.25) is 9.36 Å². The van der Waals surface area contributed by atoms with E-state index in [4.69, 9.17) is 4.74 Å². The van der Waals surface area contributed by atoms with Gasteiger partial charge in [0.15, 0.2) is 11.6 Å². The molecule has 0 saturated carbocycles. The molecule has 0 atom stereocenters. The molecular formula is C21H16F3N5O2S. The summed E-state index contributed by atoms with van der Waals surface area (Å²) in [6.45, 7) is 0. The van der Waals surface area contributed by atoms with Gasteiger partial charge in [-0.25, -0.2) is 15.0 Å². The number of imidazole rings is 1. The summed E-state index contributed by atoms with van der Waals surface area (Å²) < 4.78 is 46.8. The van der Waals surface area contributed by atoms with E-state index in [1.54, 1.807) is 23.9 Å². The van der Waals surface area contributed by atoms with Gasteiger partial charge in [0.1, 0.15) is 5.75 Å². The second kappa shape index (κ2) is 8.50. The normalized spacial score (nSPS) is 11.5. The number of nitrogens with one attached hydrogen (secondary N) is 1. The van der Waals surface area contributed by atoms with Crippen molar-refractivity contribution in [3.05, 3.63) is 66.2 Å². The Labute approximate surface area is 184 Å². The van der Waals surface area contributed by atoms with E-state index >= 15 is 0 Å². The molecule has 1 amide bonds. The minimum atomic E-state index is -4.72. The Morgan fingerprint density at radius 1 is 1.09 bits per heavy atom. The standard InChI is InChI=1S/C21H16F3N5O2S/c1-31-13-5-8-16-15(9-13)27-20(21(22,23)24)29(16)18-11-25-17(10-26-18)28-19(30)12-3-6-14(32-2)7-4-12/h3-11H,1-2H3,(H,25,28,30). The molecule has 0 aliphatic heterocycles. The van der Waals surface area contributed by atoms with Crippen LogP contribution in [0.5, 0.6) is 5.75 Å². The van der Waals surface area contributed by atoms with Gasteiger partial charge in [0.2, 0.25) is 5.82 Å². The number of nitrogens with zero attached hydrogens (tertiary/aromatic N) is 4. The Morgan fingerprint density at radius 2 is 1.84 bits per heavy atom. The molecule has 0 fully saturated rings. The summed E-state index contributed by atoms with van der Waals surface area (Å²) in [6.07, 6.45) is -0.452. The highest BCUT2D eigenvalue weighted by Crippen LogP contribution is 2.34. The van der Waals surface area contributed by atoms with Gasteiger partial charge in [-0.05, 0) is 42.7 Å². The molecule has 0 bridgehead atoms. The van der Waals surface area contributed by atoms with Crippen molar-refractivity contribution in [3.63, 3.8) is 0 Å². The Hall–Kier alpha value is -3.60. The average Bonchev–Trinajstić information content (AvgIpc) is 3.19. The molecule has 1 N–H and O–H groups in total. The van der Waals surface area contributed by atoms with Gasteiger partial charge in [-0.2, -0.15) is 13.2 Å². The number of hydrogen-bond donors (Lipinski definition) is 1. The third-order valence-corrected chi connectivity index (χ3v) is 5.32. The molecule has 0 spiro atoms. The zero-order valence-electron chi connectivity index (χ0n) is 16.8. The number of alkyl halides is 3. The predicted molar refractivity (Wildman–Crippen MR) is 114 cm³/mol. The van der Waals surface area contributed by atoms with Gasteiger partial charge in [0.25, 0.3) is 5.91 Å². The highest BCUT2D eigenvalue weighted by Gasteiger charge is 2.38. The molecule has 0 aliphatic carbocycles. The maximum atomic E-state index is 13.6. The van der Waals surface area contributed by atoms with Crippen LogP contribution in [-0.2, 0) is 6.18 Å². The number of methoxy groups -OCH3 is 1. The number of aromatic nitrogens is 4. The maximum absolute atomic E-state index is 13.6. The largest absolute Gasteiger partial charge is 0.497 e. The van der Waals surface area contributed by atoms with Crippen LogP contribution in [-0.4, -0.2) is 38.8 Å². The van der Waals surface area contributed by atoms with Gasteiger partial charge in [-0.1, -0.05) is 0 Å². The summed E-state index contributed by atoms with van der Waals surface area (Å²) in [5, 5.41) is 2.58. The first-order valence-electron chi connectivity index (χ1n) is 9.21. The lowest BCUT2D eigenvalue weighted by atomic mass is 10.2. The number of carbonyl (C=O) groups excluding carboxylic acids is 1. The first-order chi connectivity index (χ1) is 15.3. The monoisotopic (exact) mass is 459 g/mol. The molecule has 0 unspecified atom stereocenters. The van der Waals surface area contributed by atoms with Crippen molar-refractivity contribution in [3.8, 4) is 11.6 Å². The molecule has 11 heteroatoms. The smallest absolute Gasteiger partial charge is 0.450 e. The Balaban J connectivity index is 1.65. The number of amides is 1. The SMILES string of the molecule is COc1ccc2c(c1)nc(C(F)(F)F)n2-c1cnc(NC(=O)c2ccc(SC)cc2)cn1. The first kappa shape index (κ1) is 21.6. The van der Waals surface area contributed by atoms with Crippen molar-refractivity contribution in [2.45, 2.75) is 11.1 Å². The minimum Gasteiger partial charge on any atom is -0.497 e. The van der Waals surface area contributed by atoms with Crippen LogP contribution in [0.3, 0.4) is 0 Å². The van der Waals surface area contributed by atoms with Crippen molar-refractivity contribution < 1.29 is 22.7 Å². The molecule has 2 aromatic heterocycles. The minimum absolute atomic E-state index is 0.0904. The summed E-state index contributed by atoms with van der Waals surface area (Å²) >= 11 is 1.55. The molecule has 164 valence electrons. The van der Waals surface area contributed by atoms with E-state index in [0.29, 0.717) is 11.3 Å². The molecule has 4 aromatic rings. The number of rotatable bonds is 5. The summed E-state index contributed by atoms with van der Waals surface area (Å²) in [6, 6.07) is 11.4. The second-order valence-corrected chi connectivity index (χ2v) is 7.45. The highest BCUT2D eigenvalue weighted by atomic mass is 32.2. The van der Waals surface area contributed by atoms with Crippen LogP contribution >= 0.6 is 11.8 Å². The molecule has 4 rings (SSSR count). The molecule has 0 aliphatic rings. The molecular weight excluding hydrogens is 443 g/mol. The van der Waals surface area contributed by atoms with Gasteiger partial charge in [0, 0.05) is 16.5 Å². The average molecular weight is 459 g/mol. The molecule has 0 saturated heterocycles. The molecule has 7 nitrogen and oxygen atoms in total. The molecule has 32 heavy (non-hydrogen) atoms. The fourth-order valence-electron chi connectivity index (χ4n) is 3.04. The van der Waals surface area contributed by atoms with Gasteiger partial charge in [0.05, 0.1) is 30.5 Å². The summed E-state index contributed by atoms with van der Waals surface area (Å²) in [7, 11) is 1.42. The van der Waals surface area contributed by atoms with Gasteiger partial charge >= 0.3 is 6.18 Å². The number of fused-ring (bicyclic) bond motifs is 1. The fraction of sp³-hybridized carbons (Fsp3) is 0.143. The summed E-state index contributed by atoms with van der Waals surface area (Å²) in [5.74, 6) is -1.15. The fourth-order valence-corrected chi connectivity index (χ4v) is 3.45. The van der Waals surface area contributed by atoms with Crippen molar-refractivity contribution in [2.24, 2.45) is 0 Å². The highest BCUT2D eigenvalue weighted by molar-refractivity contribution is 7.98. The van der Waals surface area contributed by atoms with E-state index in [2.05, 4.69) is 20.3 Å². The first-order valence-corrected chi connectivity index (χ1v) is 10.4. The maximum Gasteiger partial charge on any atom is 0.450 e. The van der Waals surface area contributed by atoms with Crippen LogP contribution in [0.2, 0.25) is 0 Å². The van der Waals surface area contributed by atoms with Crippen molar-refractivity contribution in [1.29, 1.82) is 0 Å². The Kier molecular flexibility index (Phi) is 5.74. The number of ether oxygens (including phenoxy) is 1. The third-order valence-electron chi connectivity index (χ3n) is 4.58. The Bertz CT molecular complexity index is 1270. The van der Waals surface area contributed by atoms with E-state index < -0.39 is 17.9 Å². The quantitative estimate of drug-likeness (QED) is 0.431. The molecule has 2 heterocycles. The summed E-state index contributed by atoms with van der Waals surface area (Å²) in [5.41, 5.74) is 0.713. The van der Waals surface area contributed by atoms with Crippen LogP contribution in [0.1, 0.15) is 16.2 Å². The molecule has 0 radical (unpaired) electrons. The van der Waals surface area contributed by atoms with E-state index in [1.807, 2.05) is 18.4 Å². The van der Waals surface area contributed by atoms with Crippen molar-refractivity contribution in [2.75, 3.05) is 18.7 Å².